The van der Waals surface area contributed by atoms with E-state index in [0.29, 0.717) is 27.2 Å². The highest BCUT2D eigenvalue weighted by Gasteiger charge is 2.12. The molecule has 3 rings (SSSR count). The fourth-order valence-corrected chi connectivity index (χ4v) is 2.71. The third-order valence-electron chi connectivity index (χ3n) is 2.60. The van der Waals surface area contributed by atoms with Gasteiger partial charge in [0.15, 0.2) is 5.65 Å². The standard InChI is InChI=1S/C12H7BrCl2N4/c13-6-1-10-11(17-5-6)19(12(16)18-10)9-3-7(14)2-8(15)4-9/h1-5H,(H2,16,18). The Morgan fingerprint density at radius 1 is 1.11 bits per heavy atom. The molecule has 0 radical (unpaired) electrons. The molecule has 2 N–H and O–H groups in total. The minimum absolute atomic E-state index is 0.332. The summed E-state index contributed by atoms with van der Waals surface area (Å²) in [5.74, 6) is 0.332. The number of aromatic nitrogens is 3. The molecular weight excluding hydrogens is 351 g/mol. The van der Waals surface area contributed by atoms with E-state index in [1.165, 1.54) is 0 Å². The van der Waals surface area contributed by atoms with E-state index in [-0.39, 0.29) is 0 Å². The fraction of sp³-hybridized carbons (Fsp3) is 0. The van der Waals surface area contributed by atoms with Crippen molar-refractivity contribution >= 4 is 56.2 Å². The Bertz CT molecular complexity index is 764. The van der Waals surface area contributed by atoms with Gasteiger partial charge in [0.2, 0.25) is 5.95 Å². The SMILES string of the molecule is Nc1nc2cc(Br)cnc2n1-c1cc(Cl)cc(Cl)c1. The second-order valence-corrected chi connectivity index (χ2v) is 5.72. The van der Waals surface area contributed by atoms with Gasteiger partial charge in [-0.25, -0.2) is 9.97 Å². The van der Waals surface area contributed by atoms with Crippen molar-refractivity contribution < 1.29 is 0 Å². The minimum Gasteiger partial charge on any atom is -0.369 e. The van der Waals surface area contributed by atoms with Gasteiger partial charge in [-0.05, 0) is 40.2 Å². The lowest BCUT2D eigenvalue weighted by molar-refractivity contribution is 1.08. The van der Waals surface area contributed by atoms with Crippen LogP contribution >= 0.6 is 39.1 Å². The highest BCUT2D eigenvalue weighted by atomic mass is 79.9. The molecule has 0 aliphatic heterocycles. The summed E-state index contributed by atoms with van der Waals surface area (Å²) in [4.78, 5) is 8.60. The quantitative estimate of drug-likeness (QED) is 0.714. The molecule has 7 heteroatoms. The van der Waals surface area contributed by atoms with Crippen molar-refractivity contribution in [1.29, 1.82) is 0 Å². The number of hydrogen-bond acceptors (Lipinski definition) is 3. The molecule has 3 aromatic rings. The summed E-state index contributed by atoms with van der Waals surface area (Å²) in [5, 5.41) is 1.06. The van der Waals surface area contributed by atoms with Crippen molar-refractivity contribution in [2.45, 2.75) is 0 Å². The molecule has 2 aromatic heterocycles. The number of nitrogen functional groups attached to an aromatic ring is 1. The summed E-state index contributed by atoms with van der Waals surface area (Å²) < 4.78 is 2.55. The van der Waals surface area contributed by atoms with E-state index in [4.69, 9.17) is 28.9 Å². The van der Waals surface area contributed by atoms with Gasteiger partial charge in [-0.15, -0.1) is 0 Å². The van der Waals surface area contributed by atoms with Gasteiger partial charge >= 0.3 is 0 Å². The second kappa shape index (κ2) is 4.67. The van der Waals surface area contributed by atoms with Crippen LogP contribution < -0.4 is 5.73 Å². The molecule has 0 unspecified atom stereocenters. The maximum Gasteiger partial charge on any atom is 0.207 e. The Kier molecular flexibility index (Phi) is 3.12. The van der Waals surface area contributed by atoms with Gasteiger partial charge in [0.25, 0.3) is 0 Å². The van der Waals surface area contributed by atoms with Gasteiger partial charge < -0.3 is 5.73 Å². The molecule has 0 aliphatic carbocycles. The first kappa shape index (κ1) is 12.7. The number of hydrogen-bond donors (Lipinski definition) is 1. The molecule has 0 atom stereocenters. The number of pyridine rings is 1. The van der Waals surface area contributed by atoms with Crippen LogP contribution in [0.5, 0.6) is 0 Å². The zero-order valence-corrected chi connectivity index (χ0v) is 12.5. The highest BCUT2D eigenvalue weighted by Crippen LogP contribution is 2.27. The van der Waals surface area contributed by atoms with Gasteiger partial charge in [-0.2, -0.15) is 0 Å². The maximum atomic E-state index is 6.01. The Morgan fingerprint density at radius 2 is 1.79 bits per heavy atom. The first-order valence-corrected chi connectivity index (χ1v) is 6.85. The van der Waals surface area contributed by atoms with E-state index < -0.39 is 0 Å². The molecule has 1 aromatic carbocycles. The summed E-state index contributed by atoms with van der Waals surface area (Å²) >= 11 is 15.4. The number of fused-ring (bicyclic) bond motifs is 1. The average molecular weight is 358 g/mol. The van der Waals surface area contributed by atoms with Crippen molar-refractivity contribution in [1.82, 2.24) is 14.5 Å². The largest absolute Gasteiger partial charge is 0.369 e. The maximum absolute atomic E-state index is 6.01. The topological polar surface area (TPSA) is 56.7 Å². The van der Waals surface area contributed by atoms with Gasteiger partial charge in [-0.3, -0.25) is 4.57 Å². The Labute approximate surface area is 127 Å². The van der Waals surface area contributed by atoms with Gasteiger partial charge in [-0.1, -0.05) is 23.2 Å². The molecule has 19 heavy (non-hydrogen) atoms. The molecule has 0 aliphatic rings. The van der Waals surface area contributed by atoms with Gasteiger partial charge in [0.05, 0.1) is 5.69 Å². The molecule has 2 heterocycles. The van der Waals surface area contributed by atoms with E-state index in [1.807, 2.05) is 6.07 Å². The molecule has 96 valence electrons. The Balaban J connectivity index is 2.32. The molecule has 0 saturated heterocycles. The van der Waals surface area contributed by atoms with Crippen molar-refractivity contribution in [3.63, 3.8) is 0 Å². The van der Waals surface area contributed by atoms with Crippen molar-refractivity contribution in [3.05, 3.63) is 45.0 Å². The molecular formula is C12H7BrCl2N4. The van der Waals surface area contributed by atoms with Crippen LogP contribution in [0.3, 0.4) is 0 Å². The number of benzene rings is 1. The number of nitrogens with zero attached hydrogens (tertiary/aromatic N) is 3. The molecule has 0 amide bonds. The highest BCUT2D eigenvalue weighted by molar-refractivity contribution is 9.10. The van der Waals surface area contributed by atoms with Crippen LogP contribution in [0.15, 0.2) is 34.9 Å². The van der Waals surface area contributed by atoms with Crippen LogP contribution in [0, 0.1) is 0 Å². The van der Waals surface area contributed by atoms with Crippen LogP contribution in [0.25, 0.3) is 16.9 Å². The lowest BCUT2D eigenvalue weighted by Gasteiger charge is -2.07. The molecule has 0 fully saturated rings. The summed E-state index contributed by atoms with van der Waals surface area (Å²) in [6, 6.07) is 7.02. The van der Waals surface area contributed by atoms with Crippen molar-refractivity contribution in [3.8, 4) is 5.69 Å². The third kappa shape index (κ3) is 2.29. The van der Waals surface area contributed by atoms with Crippen LogP contribution in [0.2, 0.25) is 10.0 Å². The average Bonchev–Trinajstić information content (AvgIpc) is 2.62. The fourth-order valence-electron chi connectivity index (χ4n) is 1.88. The van der Waals surface area contributed by atoms with E-state index in [9.17, 15) is 0 Å². The predicted molar refractivity (Wildman–Crippen MR) is 81.0 cm³/mol. The third-order valence-corrected chi connectivity index (χ3v) is 3.47. The summed E-state index contributed by atoms with van der Waals surface area (Å²) in [6.45, 7) is 0. The summed E-state index contributed by atoms with van der Waals surface area (Å²) in [5.41, 5.74) is 8.02. The Morgan fingerprint density at radius 3 is 2.47 bits per heavy atom. The summed E-state index contributed by atoms with van der Waals surface area (Å²) in [7, 11) is 0. The smallest absolute Gasteiger partial charge is 0.207 e. The number of nitrogens with two attached hydrogens (primary N) is 1. The zero-order valence-electron chi connectivity index (χ0n) is 9.44. The molecule has 0 bridgehead atoms. The molecule has 0 saturated carbocycles. The molecule has 0 spiro atoms. The van der Waals surface area contributed by atoms with E-state index in [2.05, 4.69) is 25.9 Å². The number of anilines is 1. The predicted octanol–water partition coefficient (Wildman–Crippen LogP) is 4.07. The van der Waals surface area contributed by atoms with E-state index >= 15 is 0 Å². The zero-order chi connectivity index (χ0) is 13.6. The minimum atomic E-state index is 0.332. The van der Waals surface area contributed by atoms with E-state index in [1.54, 1.807) is 29.0 Å². The van der Waals surface area contributed by atoms with Crippen molar-refractivity contribution in [2.75, 3.05) is 5.73 Å². The Hall–Kier alpha value is -1.30. The molecule has 4 nitrogen and oxygen atoms in total. The number of imidazole rings is 1. The first-order valence-electron chi connectivity index (χ1n) is 5.30. The lowest BCUT2D eigenvalue weighted by atomic mass is 10.3. The number of rotatable bonds is 1. The van der Waals surface area contributed by atoms with Crippen LogP contribution in [0.4, 0.5) is 5.95 Å². The first-order chi connectivity index (χ1) is 9.04. The van der Waals surface area contributed by atoms with Crippen LogP contribution in [-0.4, -0.2) is 14.5 Å². The van der Waals surface area contributed by atoms with Crippen molar-refractivity contribution in [2.24, 2.45) is 0 Å². The van der Waals surface area contributed by atoms with E-state index in [0.717, 1.165) is 10.2 Å². The monoisotopic (exact) mass is 356 g/mol. The van der Waals surface area contributed by atoms with Crippen LogP contribution in [0.1, 0.15) is 0 Å². The van der Waals surface area contributed by atoms with Gasteiger partial charge in [0, 0.05) is 20.7 Å². The normalized spacial score (nSPS) is 11.1. The van der Waals surface area contributed by atoms with Gasteiger partial charge in [0.1, 0.15) is 5.52 Å². The second-order valence-electron chi connectivity index (χ2n) is 3.93. The summed E-state index contributed by atoms with van der Waals surface area (Å²) in [6.07, 6.45) is 1.69. The lowest BCUT2D eigenvalue weighted by Crippen LogP contribution is -2.01. The van der Waals surface area contributed by atoms with Crippen LogP contribution in [-0.2, 0) is 0 Å². The number of halogens is 3.